The van der Waals surface area contributed by atoms with Crippen molar-refractivity contribution in [1.82, 2.24) is 16.0 Å². The van der Waals surface area contributed by atoms with Crippen molar-refractivity contribution in [2.75, 3.05) is 6.54 Å². The summed E-state index contributed by atoms with van der Waals surface area (Å²) in [6.45, 7) is 5.08. The molecule has 1 aromatic rings. The lowest BCUT2D eigenvalue weighted by Crippen LogP contribution is -2.60. The third-order valence-electron chi connectivity index (χ3n) is 6.19. The summed E-state index contributed by atoms with van der Waals surface area (Å²) in [6.07, 6.45) is -0.525. The number of hydrogen-bond donors (Lipinski definition) is 9. The van der Waals surface area contributed by atoms with E-state index in [1.165, 1.54) is 31.2 Å². The maximum atomic E-state index is 13.2. The zero-order valence-corrected chi connectivity index (χ0v) is 22.5. The Morgan fingerprint density at radius 2 is 1.54 bits per heavy atom. The first-order valence-electron chi connectivity index (χ1n) is 12.7. The van der Waals surface area contributed by atoms with Gasteiger partial charge in [-0.2, -0.15) is 0 Å². The number of nitrogens with one attached hydrogen (secondary N) is 3. The molecule has 1 rings (SSSR count). The molecule has 0 aromatic heterocycles. The third kappa shape index (κ3) is 11.6. The van der Waals surface area contributed by atoms with Crippen LogP contribution in [0.3, 0.4) is 0 Å². The fourth-order valence-electron chi connectivity index (χ4n) is 3.54. The Morgan fingerprint density at radius 3 is 2.05 bits per heavy atom. The van der Waals surface area contributed by atoms with Crippen LogP contribution in [0.5, 0.6) is 5.75 Å². The molecule has 0 bridgehead atoms. The van der Waals surface area contributed by atoms with Gasteiger partial charge in [-0.3, -0.25) is 19.4 Å². The van der Waals surface area contributed by atoms with Crippen LogP contribution in [-0.4, -0.2) is 81.8 Å². The van der Waals surface area contributed by atoms with Crippen LogP contribution in [0.2, 0.25) is 0 Å². The average Bonchev–Trinajstić information content (AvgIpc) is 2.87. The van der Waals surface area contributed by atoms with E-state index in [1.54, 1.807) is 6.92 Å². The molecule has 39 heavy (non-hydrogen) atoms. The van der Waals surface area contributed by atoms with Crippen LogP contribution in [0.4, 0.5) is 0 Å². The van der Waals surface area contributed by atoms with E-state index in [9.17, 15) is 34.5 Å². The van der Waals surface area contributed by atoms with Gasteiger partial charge in [-0.15, -0.1) is 0 Å². The number of carboxylic acid groups (broad SMARTS) is 1. The second kappa shape index (κ2) is 16.1. The summed E-state index contributed by atoms with van der Waals surface area (Å²) < 4.78 is 0. The number of aromatic hydroxyl groups is 1. The summed E-state index contributed by atoms with van der Waals surface area (Å²) in [5.41, 5.74) is 17.0. The lowest BCUT2D eigenvalue weighted by molar-refractivity contribution is -0.142. The molecule has 0 aliphatic carbocycles. The maximum Gasteiger partial charge on any atom is 0.326 e. The van der Waals surface area contributed by atoms with Crippen molar-refractivity contribution in [2.45, 2.75) is 76.7 Å². The smallest absolute Gasteiger partial charge is 0.326 e. The van der Waals surface area contributed by atoms with Crippen molar-refractivity contribution >= 4 is 29.7 Å². The fraction of sp³-hybridized carbons (Fsp3) is 0.560. The van der Waals surface area contributed by atoms with Gasteiger partial charge in [-0.25, -0.2) is 4.79 Å². The summed E-state index contributed by atoms with van der Waals surface area (Å²) in [4.78, 5) is 54.4. The van der Waals surface area contributed by atoms with Crippen molar-refractivity contribution in [3.05, 3.63) is 29.8 Å². The summed E-state index contributed by atoms with van der Waals surface area (Å²) >= 11 is 0. The second-order valence-corrected chi connectivity index (χ2v) is 9.42. The highest BCUT2D eigenvalue weighted by molar-refractivity contribution is 5.94. The first-order chi connectivity index (χ1) is 18.3. The Hall–Kier alpha value is -3.91. The van der Waals surface area contributed by atoms with Crippen LogP contribution in [0, 0.1) is 5.92 Å². The van der Waals surface area contributed by atoms with Crippen molar-refractivity contribution in [2.24, 2.45) is 28.1 Å². The molecule has 0 radical (unpaired) electrons. The molecule has 0 aliphatic heterocycles. The quantitative estimate of drug-likeness (QED) is 0.0638. The molecule has 1 aromatic carbocycles. The van der Waals surface area contributed by atoms with Crippen LogP contribution in [0.15, 0.2) is 29.3 Å². The van der Waals surface area contributed by atoms with Crippen LogP contribution in [-0.2, 0) is 25.6 Å². The fourth-order valence-corrected chi connectivity index (χ4v) is 3.54. The van der Waals surface area contributed by atoms with Gasteiger partial charge in [0.2, 0.25) is 17.7 Å². The molecule has 218 valence electrons. The van der Waals surface area contributed by atoms with Gasteiger partial charge >= 0.3 is 5.97 Å². The molecule has 12 N–H and O–H groups in total. The van der Waals surface area contributed by atoms with Gasteiger partial charge in [0.1, 0.15) is 23.9 Å². The molecule has 0 heterocycles. The lowest BCUT2D eigenvalue weighted by Gasteiger charge is -2.27. The number of nitrogens with zero attached hydrogens (tertiary/aromatic N) is 1. The number of carboxylic acids is 1. The van der Waals surface area contributed by atoms with Gasteiger partial charge < -0.3 is 48.5 Å². The zero-order valence-electron chi connectivity index (χ0n) is 22.5. The first kappa shape index (κ1) is 33.1. The standard InChI is InChI=1S/C25H41N7O7/c1-4-13(2)19(26)22(36)32-20(14(3)33)23(37)31-18(12-15-7-9-16(34)10-8-15)21(35)30-17(24(38)39)6-5-11-29-25(27)28/h7-10,13-14,17-20,33-34H,4-6,11-12,26H2,1-3H3,(H,30,35)(H,31,37)(H,32,36)(H,38,39)(H4,27,28,29). The molecule has 6 unspecified atom stereocenters. The number of phenolic OH excluding ortho intramolecular Hbond substituents is 1. The number of hydrogen-bond acceptors (Lipinski definition) is 8. The molecule has 0 fully saturated rings. The number of aliphatic carboxylic acids is 1. The lowest BCUT2D eigenvalue weighted by atomic mass is 9.98. The van der Waals surface area contributed by atoms with E-state index in [0.717, 1.165) is 0 Å². The number of amides is 3. The molecular formula is C25H41N7O7. The first-order valence-corrected chi connectivity index (χ1v) is 12.7. The second-order valence-electron chi connectivity index (χ2n) is 9.42. The van der Waals surface area contributed by atoms with Crippen molar-refractivity contribution in [1.29, 1.82) is 0 Å². The maximum absolute atomic E-state index is 13.2. The largest absolute Gasteiger partial charge is 0.508 e. The van der Waals surface area contributed by atoms with E-state index in [1.807, 2.05) is 6.92 Å². The number of phenols is 1. The summed E-state index contributed by atoms with van der Waals surface area (Å²) in [6, 6.07) is 0.911. The van der Waals surface area contributed by atoms with Crippen LogP contribution in [0.1, 0.15) is 45.6 Å². The number of aliphatic imine (C=N–C) groups is 1. The number of benzene rings is 1. The SMILES string of the molecule is CCC(C)C(N)C(=O)NC(C(=O)NC(Cc1ccc(O)cc1)C(=O)NC(CCCN=C(N)N)C(=O)O)C(C)O. The minimum atomic E-state index is -1.43. The third-order valence-corrected chi connectivity index (χ3v) is 6.19. The number of rotatable bonds is 16. The molecule has 0 aliphatic rings. The Morgan fingerprint density at radius 1 is 0.949 bits per heavy atom. The molecule has 3 amide bonds. The number of guanidine groups is 1. The summed E-state index contributed by atoms with van der Waals surface area (Å²) in [5.74, 6) is -3.95. The molecule has 0 spiro atoms. The van der Waals surface area contributed by atoms with E-state index in [4.69, 9.17) is 17.2 Å². The Kier molecular flexibility index (Phi) is 13.7. The van der Waals surface area contributed by atoms with Gasteiger partial charge in [0.25, 0.3) is 0 Å². The van der Waals surface area contributed by atoms with Crippen molar-refractivity contribution in [3.63, 3.8) is 0 Å². The van der Waals surface area contributed by atoms with Crippen molar-refractivity contribution in [3.8, 4) is 5.75 Å². The van der Waals surface area contributed by atoms with E-state index in [0.29, 0.717) is 12.0 Å². The van der Waals surface area contributed by atoms with Crippen LogP contribution >= 0.6 is 0 Å². The number of nitrogens with two attached hydrogens (primary N) is 3. The minimum Gasteiger partial charge on any atom is -0.508 e. The number of aliphatic hydroxyl groups is 1. The highest BCUT2D eigenvalue weighted by Gasteiger charge is 2.33. The summed E-state index contributed by atoms with van der Waals surface area (Å²) in [7, 11) is 0. The average molecular weight is 552 g/mol. The molecule has 14 nitrogen and oxygen atoms in total. The predicted octanol–water partition coefficient (Wildman–Crippen LogP) is -1.72. The minimum absolute atomic E-state index is 0.00923. The highest BCUT2D eigenvalue weighted by Crippen LogP contribution is 2.13. The van der Waals surface area contributed by atoms with Gasteiger partial charge in [0.05, 0.1) is 12.1 Å². The number of aliphatic hydroxyl groups excluding tert-OH is 1. The van der Waals surface area contributed by atoms with Gasteiger partial charge in [-0.1, -0.05) is 32.4 Å². The molecule has 0 saturated heterocycles. The number of carbonyl (C=O) groups excluding carboxylic acids is 3. The van der Waals surface area contributed by atoms with E-state index < -0.39 is 54.0 Å². The molecule has 6 atom stereocenters. The van der Waals surface area contributed by atoms with E-state index in [-0.39, 0.29) is 43.4 Å². The van der Waals surface area contributed by atoms with Crippen LogP contribution < -0.4 is 33.2 Å². The Balaban J connectivity index is 3.12. The Bertz CT molecular complexity index is 997. The zero-order chi connectivity index (χ0) is 29.7. The normalized spacial score (nSPS) is 15.5. The monoisotopic (exact) mass is 551 g/mol. The van der Waals surface area contributed by atoms with Gasteiger partial charge in [0.15, 0.2) is 5.96 Å². The Labute approximate surface area is 227 Å². The van der Waals surface area contributed by atoms with Crippen molar-refractivity contribution < 1.29 is 34.5 Å². The number of carbonyl (C=O) groups is 4. The van der Waals surface area contributed by atoms with Gasteiger partial charge in [0, 0.05) is 13.0 Å². The molecule has 0 saturated carbocycles. The topological polar surface area (TPSA) is 255 Å². The van der Waals surface area contributed by atoms with E-state index >= 15 is 0 Å². The van der Waals surface area contributed by atoms with Crippen LogP contribution in [0.25, 0.3) is 0 Å². The van der Waals surface area contributed by atoms with E-state index in [2.05, 4.69) is 20.9 Å². The highest BCUT2D eigenvalue weighted by atomic mass is 16.4. The molecular weight excluding hydrogens is 510 g/mol. The predicted molar refractivity (Wildman–Crippen MR) is 144 cm³/mol. The summed E-state index contributed by atoms with van der Waals surface area (Å²) in [5, 5.41) is 36.7. The molecule has 14 heteroatoms. The van der Waals surface area contributed by atoms with Gasteiger partial charge in [-0.05, 0) is 43.4 Å².